The van der Waals surface area contributed by atoms with E-state index in [1.54, 1.807) is 11.3 Å². The molecule has 1 aliphatic heterocycles. The summed E-state index contributed by atoms with van der Waals surface area (Å²) in [5, 5.41) is 3.11. The first-order valence-electron chi connectivity index (χ1n) is 7.52. The van der Waals surface area contributed by atoms with Crippen molar-refractivity contribution in [3.05, 3.63) is 16.1 Å². The number of ether oxygens (including phenoxy) is 1. The van der Waals surface area contributed by atoms with Crippen LogP contribution in [0.3, 0.4) is 0 Å². The summed E-state index contributed by atoms with van der Waals surface area (Å²) in [6.07, 6.45) is 5.42. The molecule has 0 radical (unpaired) electrons. The molecule has 112 valence electrons. The lowest BCUT2D eigenvalue weighted by Gasteiger charge is -2.28. The molecule has 2 heterocycles. The third kappa shape index (κ3) is 4.28. The van der Waals surface area contributed by atoms with E-state index in [0.717, 1.165) is 23.8 Å². The van der Waals surface area contributed by atoms with Crippen molar-refractivity contribution in [2.75, 3.05) is 19.7 Å². The lowest BCUT2D eigenvalue weighted by molar-refractivity contribution is -0.144. The number of aryl methyl sites for hydroxylation is 1. The number of carbonyl (C=O) groups is 1. The maximum atomic E-state index is 11.9. The fourth-order valence-corrected chi connectivity index (χ4v) is 3.61. The first-order valence-corrected chi connectivity index (χ1v) is 8.40. The van der Waals surface area contributed by atoms with Crippen LogP contribution in [0.1, 0.15) is 55.8 Å². The van der Waals surface area contributed by atoms with E-state index in [1.807, 2.05) is 13.8 Å². The molecule has 0 N–H and O–H groups in total. The molecule has 1 atom stereocenters. The fraction of sp³-hybridized carbons (Fsp3) is 0.733. The Kier molecular flexibility index (Phi) is 5.98. The van der Waals surface area contributed by atoms with E-state index in [4.69, 9.17) is 4.74 Å². The fourth-order valence-electron chi connectivity index (χ4n) is 2.68. The normalized spacial score (nSPS) is 18.5. The highest BCUT2D eigenvalue weighted by Gasteiger charge is 2.26. The quantitative estimate of drug-likeness (QED) is 0.782. The molecular weight excluding hydrogens is 272 g/mol. The summed E-state index contributed by atoms with van der Waals surface area (Å²) >= 11 is 1.66. The number of aromatic nitrogens is 1. The van der Waals surface area contributed by atoms with Gasteiger partial charge < -0.3 is 4.74 Å². The molecule has 1 aromatic heterocycles. The van der Waals surface area contributed by atoms with Gasteiger partial charge in [0.25, 0.3) is 0 Å². The van der Waals surface area contributed by atoms with Crippen molar-refractivity contribution >= 4 is 17.3 Å². The van der Waals surface area contributed by atoms with Crippen molar-refractivity contribution in [2.45, 2.75) is 52.0 Å². The first-order chi connectivity index (χ1) is 9.70. The Labute approximate surface area is 125 Å². The molecule has 1 aromatic rings. The Hall–Kier alpha value is -0.940. The molecule has 1 saturated heterocycles. The van der Waals surface area contributed by atoms with E-state index in [2.05, 4.69) is 15.3 Å². The van der Waals surface area contributed by atoms with Crippen LogP contribution >= 0.6 is 11.3 Å². The molecular formula is C15H24N2O2S. The SMILES string of the molecule is CCOC(=O)CC(c1nc(C)cs1)N1CCCCCC1. The molecule has 2 rings (SSSR count). The van der Waals surface area contributed by atoms with Crippen molar-refractivity contribution in [1.82, 2.24) is 9.88 Å². The molecule has 0 spiro atoms. The van der Waals surface area contributed by atoms with Crippen LogP contribution in [0.25, 0.3) is 0 Å². The number of likely N-dealkylation sites (tertiary alicyclic amines) is 1. The second-order valence-electron chi connectivity index (χ2n) is 5.30. The second-order valence-corrected chi connectivity index (χ2v) is 6.19. The van der Waals surface area contributed by atoms with Gasteiger partial charge in [-0.15, -0.1) is 11.3 Å². The van der Waals surface area contributed by atoms with Gasteiger partial charge >= 0.3 is 5.97 Å². The van der Waals surface area contributed by atoms with Crippen LogP contribution in [0.2, 0.25) is 0 Å². The van der Waals surface area contributed by atoms with Crippen molar-refractivity contribution in [2.24, 2.45) is 0 Å². The van der Waals surface area contributed by atoms with Crippen LogP contribution in [0.15, 0.2) is 5.38 Å². The molecule has 0 amide bonds. The van der Waals surface area contributed by atoms with Gasteiger partial charge in [-0.1, -0.05) is 12.8 Å². The zero-order valence-corrected chi connectivity index (χ0v) is 13.2. The minimum absolute atomic E-state index is 0.0887. The van der Waals surface area contributed by atoms with Crippen LogP contribution in [0.4, 0.5) is 0 Å². The van der Waals surface area contributed by atoms with Gasteiger partial charge in [-0.25, -0.2) is 4.98 Å². The Balaban J connectivity index is 2.12. The molecule has 1 unspecified atom stereocenters. The molecule has 1 fully saturated rings. The van der Waals surface area contributed by atoms with Crippen LogP contribution in [-0.2, 0) is 9.53 Å². The van der Waals surface area contributed by atoms with E-state index in [-0.39, 0.29) is 12.0 Å². The largest absolute Gasteiger partial charge is 0.466 e. The number of hydrogen-bond donors (Lipinski definition) is 0. The summed E-state index contributed by atoms with van der Waals surface area (Å²) in [5.74, 6) is -0.116. The topological polar surface area (TPSA) is 42.4 Å². The van der Waals surface area contributed by atoms with Gasteiger partial charge in [0.2, 0.25) is 0 Å². The third-order valence-electron chi connectivity index (χ3n) is 3.67. The van der Waals surface area contributed by atoms with Crippen LogP contribution in [-0.4, -0.2) is 35.5 Å². The number of esters is 1. The standard InChI is InChI=1S/C15H24N2O2S/c1-3-19-14(18)10-13(15-16-12(2)11-20-15)17-8-6-4-5-7-9-17/h11,13H,3-10H2,1-2H3. The molecule has 4 nitrogen and oxygen atoms in total. The number of rotatable bonds is 5. The van der Waals surface area contributed by atoms with Crippen LogP contribution in [0, 0.1) is 6.92 Å². The smallest absolute Gasteiger partial charge is 0.307 e. The number of hydrogen-bond acceptors (Lipinski definition) is 5. The molecule has 5 heteroatoms. The monoisotopic (exact) mass is 296 g/mol. The van der Waals surface area contributed by atoms with E-state index < -0.39 is 0 Å². The molecule has 0 aliphatic carbocycles. The van der Waals surface area contributed by atoms with Gasteiger partial charge in [0, 0.05) is 11.1 Å². The molecule has 20 heavy (non-hydrogen) atoms. The van der Waals surface area contributed by atoms with Gasteiger partial charge in [0.1, 0.15) is 5.01 Å². The lowest BCUT2D eigenvalue weighted by atomic mass is 10.1. The van der Waals surface area contributed by atoms with Gasteiger partial charge in [-0.2, -0.15) is 0 Å². The minimum atomic E-state index is -0.116. The Morgan fingerprint density at radius 2 is 2.10 bits per heavy atom. The Morgan fingerprint density at radius 1 is 1.40 bits per heavy atom. The van der Waals surface area contributed by atoms with Crippen LogP contribution in [0.5, 0.6) is 0 Å². The zero-order chi connectivity index (χ0) is 14.4. The van der Waals surface area contributed by atoms with Gasteiger partial charge in [-0.3, -0.25) is 9.69 Å². The van der Waals surface area contributed by atoms with Gasteiger partial charge in [-0.05, 0) is 39.8 Å². The second kappa shape index (κ2) is 7.74. The van der Waals surface area contributed by atoms with Crippen molar-refractivity contribution in [3.8, 4) is 0 Å². The zero-order valence-electron chi connectivity index (χ0n) is 12.4. The molecule has 0 bridgehead atoms. The highest BCUT2D eigenvalue weighted by Crippen LogP contribution is 2.29. The number of carbonyl (C=O) groups excluding carboxylic acids is 1. The van der Waals surface area contributed by atoms with E-state index >= 15 is 0 Å². The highest BCUT2D eigenvalue weighted by molar-refractivity contribution is 7.09. The van der Waals surface area contributed by atoms with E-state index in [9.17, 15) is 4.79 Å². The Bertz CT molecular complexity index is 425. The predicted octanol–water partition coefficient (Wildman–Crippen LogP) is 3.32. The summed E-state index contributed by atoms with van der Waals surface area (Å²) in [7, 11) is 0. The van der Waals surface area contributed by atoms with E-state index in [0.29, 0.717) is 13.0 Å². The van der Waals surface area contributed by atoms with E-state index in [1.165, 1.54) is 25.7 Å². The van der Waals surface area contributed by atoms with Gasteiger partial charge in [0.15, 0.2) is 0 Å². The highest BCUT2D eigenvalue weighted by atomic mass is 32.1. The number of thiazole rings is 1. The minimum Gasteiger partial charge on any atom is -0.466 e. The Morgan fingerprint density at radius 3 is 2.65 bits per heavy atom. The molecule has 0 aromatic carbocycles. The molecule has 0 saturated carbocycles. The van der Waals surface area contributed by atoms with Crippen molar-refractivity contribution in [1.29, 1.82) is 0 Å². The lowest BCUT2D eigenvalue weighted by Crippen LogP contribution is -2.31. The van der Waals surface area contributed by atoms with Crippen LogP contribution < -0.4 is 0 Å². The van der Waals surface area contributed by atoms with Crippen molar-refractivity contribution < 1.29 is 9.53 Å². The first kappa shape index (κ1) is 15.4. The maximum absolute atomic E-state index is 11.9. The summed E-state index contributed by atoms with van der Waals surface area (Å²) < 4.78 is 5.13. The third-order valence-corrected chi connectivity index (χ3v) is 4.73. The predicted molar refractivity (Wildman–Crippen MR) is 80.9 cm³/mol. The molecule has 1 aliphatic rings. The average molecular weight is 296 g/mol. The van der Waals surface area contributed by atoms with Crippen molar-refractivity contribution in [3.63, 3.8) is 0 Å². The summed E-state index contributed by atoms with van der Waals surface area (Å²) in [5.41, 5.74) is 1.04. The summed E-state index contributed by atoms with van der Waals surface area (Å²) in [6.45, 7) is 6.42. The number of nitrogens with zero attached hydrogens (tertiary/aromatic N) is 2. The average Bonchev–Trinajstić information content (AvgIpc) is 2.69. The van der Waals surface area contributed by atoms with Gasteiger partial charge in [0.05, 0.1) is 19.1 Å². The summed E-state index contributed by atoms with van der Waals surface area (Å²) in [4.78, 5) is 18.9. The maximum Gasteiger partial charge on any atom is 0.307 e. The summed E-state index contributed by atoms with van der Waals surface area (Å²) in [6, 6.07) is 0.0887.